The molecule has 0 heterocycles. The van der Waals surface area contributed by atoms with E-state index in [1.807, 2.05) is 0 Å². The van der Waals surface area contributed by atoms with Crippen LogP contribution in [0.25, 0.3) is 0 Å². The van der Waals surface area contributed by atoms with Gasteiger partial charge in [-0.3, -0.25) is 9.69 Å². The minimum atomic E-state index is -0.630. The second kappa shape index (κ2) is 4.49. The molecule has 2 rings (SSSR count). The number of nitrogens with zero attached hydrogens (tertiary/aromatic N) is 1. The van der Waals surface area contributed by atoms with E-state index in [2.05, 4.69) is 4.90 Å². The summed E-state index contributed by atoms with van der Waals surface area (Å²) in [5.41, 5.74) is 0. The Morgan fingerprint density at radius 1 is 1.40 bits per heavy atom. The van der Waals surface area contributed by atoms with E-state index >= 15 is 0 Å². The minimum absolute atomic E-state index is 0.137. The topological polar surface area (TPSA) is 49.8 Å². The van der Waals surface area contributed by atoms with E-state index in [9.17, 15) is 4.79 Å². The van der Waals surface area contributed by atoms with Gasteiger partial charge in [-0.2, -0.15) is 0 Å². The minimum Gasteiger partial charge on any atom is -0.481 e. The molecule has 86 valence electrons. The average Bonchev–Trinajstić information content (AvgIpc) is 2.91. The zero-order valence-corrected chi connectivity index (χ0v) is 9.19. The van der Waals surface area contributed by atoms with Crippen LogP contribution >= 0.6 is 0 Å². The van der Waals surface area contributed by atoms with Crippen LogP contribution in [0.15, 0.2) is 0 Å². The maximum atomic E-state index is 11.0. The molecule has 1 N–H and O–H groups in total. The molecule has 2 saturated carbocycles. The van der Waals surface area contributed by atoms with Gasteiger partial charge >= 0.3 is 5.97 Å². The molecule has 2 aliphatic carbocycles. The largest absolute Gasteiger partial charge is 0.481 e. The Kier molecular flexibility index (Phi) is 3.26. The molecule has 2 aliphatic rings. The van der Waals surface area contributed by atoms with E-state index in [0.29, 0.717) is 12.6 Å². The number of carboxylic acid groups (broad SMARTS) is 1. The maximum absolute atomic E-state index is 11.0. The van der Waals surface area contributed by atoms with Crippen LogP contribution in [-0.2, 0) is 9.53 Å². The zero-order chi connectivity index (χ0) is 10.8. The van der Waals surface area contributed by atoms with Crippen LogP contribution in [0.3, 0.4) is 0 Å². The fourth-order valence-corrected chi connectivity index (χ4v) is 2.39. The number of ether oxygens (including phenoxy) is 1. The Morgan fingerprint density at radius 3 is 2.53 bits per heavy atom. The van der Waals surface area contributed by atoms with E-state index in [4.69, 9.17) is 9.84 Å². The second-order valence-corrected chi connectivity index (χ2v) is 4.55. The summed E-state index contributed by atoms with van der Waals surface area (Å²) in [4.78, 5) is 13.3. The molecule has 0 bridgehead atoms. The number of hydrogen-bond acceptors (Lipinski definition) is 3. The Balaban J connectivity index is 1.89. The van der Waals surface area contributed by atoms with E-state index < -0.39 is 5.97 Å². The van der Waals surface area contributed by atoms with Crippen molar-refractivity contribution in [3.63, 3.8) is 0 Å². The normalized spacial score (nSPS) is 30.3. The Hall–Kier alpha value is -0.610. The van der Waals surface area contributed by atoms with Gasteiger partial charge in [0.1, 0.15) is 0 Å². The summed E-state index contributed by atoms with van der Waals surface area (Å²) in [6, 6.07) is 0.900. The number of aliphatic carboxylic acids is 1. The molecule has 2 unspecified atom stereocenters. The van der Waals surface area contributed by atoms with Crippen LogP contribution < -0.4 is 0 Å². The van der Waals surface area contributed by atoms with Crippen molar-refractivity contribution >= 4 is 5.97 Å². The quantitative estimate of drug-likeness (QED) is 0.714. The molecule has 4 nitrogen and oxygen atoms in total. The summed E-state index contributed by atoms with van der Waals surface area (Å²) in [5.74, 6) is -0.767. The number of rotatable bonds is 6. The van der Waals surface area contributed by atoms with Gasteiger partial charge in [0.25, 0.3) is 0 Å². The molecule has 0 spiro atoms. The molecule has 0 aliphatic heterocycles. The predicted molar refractivity (Wildman–Crippen MR) is 55.8 cm³/mol. The highest BCUT2D eigenvalue weighted by atomic mass is 16.5. The van der Waals surface area contributed by atoms with Crippen molar-refractivity contribution in [3.8, 4) is 0 Å². The van der Waals surface area contributed by atoms with Gasteiger partial charge in [0.2, 0.25) is 0 Å². The highest BCUT2D eigenvalue weighted by molar-refractivity contribution is 5.72. The average molecular weight is 213 g/mol. The Bertz CT molecular complexity index is 240. The van der Waals surface area contributed by atoms with E-state index in [1.54, 1.807) is 7.11 Å². The van der Waals surface area contributed by atoms with Crippen LogP contribution in [0, 0.1) is 5.92 Å². The van der Waals surface area contributed by atoms with Gasteiger partial charge in [-0.05, 0) is 25.7 Å². The van der Waals surface area contributed by atoms with Crippen molar-refractivity contribution in [3.05, 3.63) is 0 Å². The van der Waals surface area contributed by atoms with Crippen LogP contribution in [0.2, 0.25) is 0 Å². The highest BCUT2D eigenvalue weighted by Gasteiger charge is 2.44. The van der Waals surface area contributed by atoms with Gasteiger partial charge in [-0.25, -0.2) is 0 Å². The number of carboxylic acids is 1. The third kappa shape index (κ3) is 2.32. The smallest absolute Gasteiger partial charge is 0.308 e. The molecule has 2 fully saturated rings. The number of methoxy groups -OCH3 is 1. The molecular weight excluding hydrogens is 194 g/mol. The Labute approximate surface area is 90.2 Å². The summed E-state index contributed by atoms with van der Waals surface area (Å²) in [7, 11) is 1.69. The zero-order valence-electron chi connectivity index (χ0n) is 9.19. The van der Waals surface area contributed by atoms with Crippen molar-refractivity contribution in [2.24, 2.45) is 5.92 Å². The fraction of sp³-hybridized carbons (Fsp3) is 0.909. The standard InChI is InChI=1S/C11H19NO3/c1-15-7-6-12(8-2-3-8)10-5-4-9(10)11(13)14/h8-10H,2-7H2,1H3,(H,13,14). The lowest BCUT2D eigenvalue weighted by Gasteiger charge is -2.42. The maximum Gasteiger partial charge on any atom is 0.308 e. The van der Waals surface area contributed by atoms with Gasteiger partial charge in [0, 0.05) is 25.7 Å². The van der Waals surface area contributed by atoms with Crippen molar-refractivity contribution < 1.29 is 14.6 Å². The highest BCUT2D eigenvalue weighted by Crippen LogP contribution is 2.38. The van der Waals surface area contributed by atoms with Crippen molar-refractivity contribution in [1.29, 1.82) is 0 Å². The first-order chi connectivity index (χ1) is 7.24. The first-order valence-electron chi connectivity index (χ1n) is 5.71. The Morgan fingerprint density at radius 2 is 2.13 bits per heavy atom. The predicted octanol–water partition coefficient (Wildman–Crippen LogP) is 0.960. The number of carbonyl (C=O) groups is 1. The van der Waals surface area contributed by atoms with Gasteiger partial charge in [0.05, 0.1) is 12.5 Å². The fourth-order valence-electron chi connectivity index (χ4n) is 2.39. The monoisotopic (exact) mass is 213 g/mol. The van der Waals surface area contributed by atoms with Gasteiger partial charge in [-0.15, -0.1) is 0 Å². The van der Waals surface area contributed by atoms with E-state index in [-0.39, 0.29) is 12.0 Å². The molecule has 0 radical (unpaired) electrons. The second-order valence-electron chi connectivity index (χ2n) is 4.55. The van der Waals surface area contributed by atoms with Gasteiger partial charge < -0.3 is 9.84 Å². The summed E-state index contributed by atoms with van der Waals surface area (Å²) >= 11 is 0. The van der Waals surface area contributed by atoms with Crippen molar-refractivity contribution in [1.82, 2.24) is 4.90 Å². The molecule has 2 atom stereocenters. The molecule has 0 aromatic rings. The lowest BCUT2D eigenvalue weighted by Crippen LogP contribution is -2.52. The van der Waals surface area contributed by atoms with Gasteiger partial charge in [-0.1, -0.05) is 0 Å². The van der Waals surface area contributed by atoms with Crippen LogP contribution in [-0.4, -0.2) is 48.3 Å². The lowest BCUT2D eigenvalue weighted by atomic mass is 9.78. The third-order valence-electron chi connectivity index (χ3n) is 3.55. The third-order valence-corrected chi connectivity index (χ3v) is 3.55. The van der Waals surface area contributed by atoms with Crippen LogP contribution in [0.5, 0.6) is 0 Å². The van der Waals surface area contributed by atoms with Crippen molar-refractivity contribution in [2.45, 2.75) is 37.8 Å². The van der Waals surface area contributed by atoms with Crippen molar-refractivity contribution in [2.75, 3.05) is 20.3 Å². The molecule has 0 aromatic carbocycles. The summed E-state index contributed by atoms with van der Waals surface area (Å²) in [6.07, 6.45) is 4.34. The lowest BCUT2D eigenvalue weighted by molar-refractivity contribution is -0.149. The first-order valence-corrected chi connectivity index (χ1v) is 5.71. The first kappa shape index (κ1) is 10.9. The molecule has 4 heteroatoms. The van der Waals surface area contributed by atoms with Crippen LogP contribution in [0.4, 0.5) is 0 Å². The summed E-state index contributed by atoms with van der Waals surface area (Å²) in [6.45, 7) is 1.59. The van der Waals surface area contributed by atoms with E-state index in [0.717, 1.165) is 19.4 Å². The SMILES string of the molecule is COCCN(C1CC1)C1CCC1C(=O)O. The molecule has 15 heavy (non-hydrogen) atoms. The van der Waals surface area contributed by atoms with E-state index in [1.165, 1.54) is 12.8 Å². The molecule has 0 amide bonds. The number of hydrogen-bond donors (Lipinski definition) is 1. The molecular formula is C11H19NO3. The molecule has 0 aromatic heterocycles. The summed E-state index contributed by atoms with van der Waals surface area (Å²) in [5, 5.41) is 9.02. The van der Waals surface area contributed by atoms with Gasteiger partial charge in [0.15, 0.2) is 0 Å². The van der Waals surface area contributed by atoms with Crippen LogP contribution in [0.1, 0.15) is 25.7 Å². The molecule has 0 saturated heterocycles. The summed E-state index contributed by atoms with van der Waals surface area (Å²) < 4.78 is 5.08.